The van der Waals surface area contributed by atoms with Gasteiger partial charge in [-0.2, -0.15) is 0 Å². The molecule has 2 rings (SSSR count). The Morgan fingerprint density at radius 2 is 2.00 bits per heavy atom. The van der Waals surface area contributed by atoms with E-state index >= 15 is 0 Å². The minimum Gasteiger partial charge on any atom is -0.313 e. The molecule has 19 heavy (non-hydrogen) atoms. The van der Waals surface area contributed by atoms with Crippen LogP contribution >= 0.6 is 11.8 Å². The Hall–Kier alpha value is -0.470. The Balaban J connectivity index is 2.11. The minimum absolute atomic E-state index is 0.424. The summed E-state index contributed by atoms with van der Waals surface area (Å²) in [5.41, 5.74) is 3.22. The Labute approximate surface area is 122 Å². The first-order valence-corrected chi connectivity index (χ1v) is 8.29. The summed E-state index contributed by atoms with van der Waals surface area (Å²) in [6.07, 6.45) is 2.65. The van der Waals surface area contributed by atoms with Crippen molar-refractivity contribution in [3.8, 4) is 0 Å². The van der Waals surface area contributed by atoms with Crippen LogP contribution in [-0.2, 0) is 0 Å². The van der Waals surface area contributed by atoms with Gasteiger partial charge >= 0.3 is 0 Å². The number of nitrogens with one attached hydrogen (secondary N) is 1. The standard InChI is InChI=1S/C17H27NS/c1-6-18-16-15(9-10-17(16,4)5)19-14-8-7-12(2)13(3)11-14/h7-8,11,15-16,18H,6,9-10H2,1-5H3. The van der Waals surface area contributed by atoms with E-state index < -0.39 is 0 Å². The SMILES string of the molecule is CCNC1C(Sc2ccc(C)c(C)c2)CCC1(C)C. The van der Waals surface area contributed by atoms with Crippen molar-refractivity contribution in [1.29, 1.82) is 0 Å². The smallest absolute Gasteiger partial charge is 0.0253 e. The fourth-order valence-corrected chi connectivity index (χ4v) is 4.63. The molecule has 106 valence electrons. The molecule has 0 bridgehead atoms. The molecule has 0 aromatic heterocycles. The molecule has 2 heteroatoms. The Kier molecular flexibility index (Phi) is 4.62. The third-order valence-electron chi connectivity index (χ3n) is 4.48. The first-order chi connectivity index (χ1) is 8.94. The average molecular weight is 277 g/mol. The lowest BCUT2D eigenvalue weighted by molar-refractivity contribution is 0.290. The van der Waals surface area contributed by atoms with Crippen molar-refractivity contribution >= 4 is 11.8 Å². The molecule has 1 N–H and O–H groups in total. The number of aryl methyl sites for hydroxylation is 2. The Morgan fingerprint density at radius 3 is 2.63 bits per heavy atom. The van der Waals surface area contributed by atoms with Crippen LogP contribution in [0.3, 0.4) is 0 Å². The molecule has 0 heterocycles. The molecular formula is C17H27NS. The molecule has 1 saturated carbocycles. The average Bonchev–Trinajstić information content (AvgIpc) is 2.62. The maximum Gasteiger partial charge on any atom is 0.0253 e. The zero-order valence-electron chi connectivity index (χ0n) is 12.9. The maximum absolute atomic E-state index is 3.71. The van der Waals surface area contributed by atoms with E-state index in [0.29, 0.717) is 16.7 Å². The molecule has 0 saturated heterocycles. The second kappa shape index (κ2) is 5.88. The highest BCUT2D eigenvalue weighted by atomic mass is 32.2. The number of hydrogen-bond acceptors (Lipinski definition) is 2. The molecule has 1 fully saturated rings. The highest BCUT2D eigenvalue weighted by Crippen LogP contribution is 2.45. The fraction of sp³-hybridized carbons (Fsp3) is 0.647. The summed E-state index contributed by atoms with van der Waals surface area (Å²) in [6, 6.07) is 7.50. The summed E-state index contributed by atoms with van der Waals surface area (Å²) in [6.45, 7) is 12.5. The first-order valence-electron chi connectivity index (χ1n) is 7.41. The van der Waals surface area contributed by atoms with Gasteiger partial charge in [0.15, 0.2) is 0 Å². The predicted octanol–water partition coefficient (Wildman–Crippen LogP) is 4.56. The molecule has 1 aliphatic rings. The van der Waals surface area contributed by atoms with Gasteiger partial charge in [-0.25, -0.2) is 0 Å². The van der Waals surface area contributed by atoms with Crippen LogP contribution < -0.4 is 5.32 Å². The van der Waals surface area contributed by atoms with Crippen molar-refractivity contribution in [3.05, 3.63) is 29.3 Å². The van der Waals surface area contributed by atoms with E-state index in [1.165, 1.54) is 28.9 Å². The van der Waals surface area contributed by atoms with E-state index in [4.69, 9.17) is 0 Å². The van der Waals surface area contributed by atoms with E-state index in [-0.39, 0.29) is 0 Å². The molecule has 2 atom stereocenters. The van der Waals surface area contributed by atoms with Crippen LogP contribution in [0.5, 0.6) is 0 Å². The lowest BCUT2D eigenvalue weighted by Gasteiger charge is -2.31. The van der Waals surface area contributed by atoms with Gasteiger partial charge in [-0.3, -0.25) is 0 Å². The van der Waals surface area contributed by atoms with Crippen LogP contribution in [0.4, 0.5) is 0 Å². The maximum atomic E-state index is 3.71. The summed E-state index contributed by atoms with van der Waals surface area (Å²) in [4.78, 5) is 1.42. The van der Waals surface area contributed by atoms with Gasteiger partial charge in [0.2, 0.25) is 0 Å². The van der Waals surface area contributed by atoms with Crippen LogP contribution in [0.25, 0.3) is 0 Å². The van der Waals surface area contributed by atoms with E-state index in [1.54, 1.807) is 0 Å². The van der Waals surface area contributed by atoms with Gasteiger partial charge in [0, 0.05) is 16.2 Å². The molecule has 0 amide bonds. The van der Waals surface area contributed by atoms with Gasteiger partial charge in [0.25, 0.3) is 0 Å². The van der Waals surface area contributed by atoms with Crippen molar-refractivity contribution < 1.29 is 0 Å². The summed E-state index contributed by atoms with van der Waals surface area (Å²) < 4.78 is 0. The van der Waals surface area contributed by atoms with E-state index in [0.717, 1.165) is 6.54 Å². The molecule has 0 radical (unpaired) electrons. The van der Waals surface area contributed by atoms with Crippen LogP contribution in [0.2, 0.25) is 0 Å². The molecule has 1 aromatic rings. The van der Waals surface area contributed by atoms with Gasteiger partial charge in [-0.05, 0) is 61.9 Å². The molecule has 1 aliphatic carbocycles. The summed E-state index contributed by atoms with van der Waals surface area (Å²) in [7, 11) is 0. The van der Waals surface area contributed by atoms with Gasteiger partial charge < -0.3 is 5.32 Å². The second-order valence-electron chi connectivity index (χ2n) is 6.46. The minimum atomic E-state index is 0.424. The summed E-state index contributed by atoms with van der Waals surface area (Å²) in [5.74, 6) is 0. The van der Waals surface area contributed by atoms with Crippen molar-refractivity contribution in [3.63, 3.8) is 0 Å². The molecule has 0 aliphatic heterocycles. The van der Waals surface area contributed by atoms with Gasteiger partial charge in [-0.1, -0.05) is 26.8 Å². The first kappa shape index (κ1) is 14.9. The molecule has 2 unspecified atom stereocenters. The lowest BCUT2D eigenvalue weighted by Crippen LogP contribution is -2.43. The molecule has 1 nitrogen and oxygen atoms in total. The lowest BCUT2D eigenvalue weighted by atomic mass is 9.87. The highest BCUT2D eigenvalue weighted by Gasteiger charge is 2.41. The normalized spacial score (nSPS) is 25.7. The molecule has 0 spiro atoms. The molecular weight excluding hydrogens is 250 g/mol. The third kappa shape index (κ3) is 3.35. The van der Waals surface area contributed by atoms with Crippen LogP contribution in [-0.4, -0.2) is 17.8 Å². The Bertz CT molecular complexity index is 439. The monoisotopic (exact) mass is 277 g/mol. The predicted molar refractivity (Wildman–Crippen MR) is 86.0 cm³/mol. The fourth-order valence-electron chi connectivity index (χ4n) is 3.06. The zero-order chi connectivity index (χ0) is 14.0. The molecule has 1 aromatic carbocycles. The highest BCUT2D eigenvalue weighted by molar-refractivity contribution is 8.00. The van der Waals surface area contributed by atoms with Crippen LogP contribution in [0, 0.1) is 19.3 Å². The quantitative estimate of drug-likeness (QED) is 0.865. The van der Waals surface area contributed by atoms with Gasteiger partial charge in [0.1, 0.15) is 0 Å². The Morgan fingerprint density at radius 1 is 1.26 bits per heavy atom. The van der Waals surface area contributed by atoms with Crippen LogP contribution in [0.1, 0.15) is 44.7 Å². The van der Waals surface area contributed by atoms with Crippen LogP contribution in [0.15, 0.2) is 23.1 Å². The summed E-state index contributed by atoms with van der Waals surface area (Å²) >= 11 is 2.06. The number of thioether (sulfide) groups is 1. The van der Waals surface area contributed by atoms with Crippen molar-refractivity contribution in [1.82, 2.24) is 5.32 Å². The van der Waals surface area contributed by atoms with Gasteiger partial charge in [0.05, 0.1) is 0 Å². The number of hydrogen-bond donors (Lipinski definition) is 1. The van der Waals surface area contributed by atoms with Crippen molar-refractivity contribution in [2.24, 2.45) is 5.41 Å². The van der Waals surface area contributed by atoms with E-state index in [9.17, 15) is 0 Å². The number of benzene rings is 1. The van der Waals surface area contributed by atoms with Crippen molar-refractivity contribution in [2.45, 2.75) is 63.6 Å². The largest absolute Gasteiger partial charge is 0.313 e. The summed E-state index contributed by atoms with van der Waals surface area (Å²) in [5, 5.41) is 4.42. The van der Waals surface area contributed by atoms with Gasteiger partial charge in [-0.15, -0.1) is 11.8 Å². The number of rotatable bonds is 4. The third-order valence-corrected chi connectivity index (χ3v) is 5.81. The van der Waals surface area contributed by atoms with E-state index in [1.807, 2.05) is 0 Å². The topological polar surface area (TPSA) is 12.0 Å². The second-order valence-corrected chi connectivity index (χ2v) is 7.78. The van der Waals surface area contributed by atoms with E-state index in [2.05, 4.69) is 69.9 Å². The zero-order valence-corrected chi connectivity index (χ0v) is 13.7. The van der Waals surface area contributed by atoms with Crippen molar-refractivity contribution in [2.75, 3.05) is 6.54 Å².